The second kappa shape index (κ2) is 7.25. The highest BCUT2D eigenvalue weighted by atomic mass is 32.1. The summed E-state index contributed by atoms with van der Waals surface area (Å²) >= 11 is 5.14. The van der Waals surface area contributed by atoms with E-state index in [2.05, 4.69) is 36.4 Å². The normalized spacial score (nSPS) is 12.5. The number of hydrogen-bond acceptors (Lipinski definition) is 2. The van der Waals surface area contributed by atoms with Crippen molar-refractivity contribution in [3.8, 4) is 0 Å². The van der Waals surface area contributed by atoms with Crippen molar-refractivity contribution in [3.63, 3.8) is 0 Å². The summed E-state index contributed by atoms with van der Waals surface area (Å²) in [6.07, 6.45) is 0. The molecule has 0 aliphatic rings. The third-order valence-electron chi connectivity index (χ3n) is 4.41. The Labute approximate surface area is 149 Å². The van der Waals surface area contributed by atoms with E-state index < -0.39 is 7.26 Å². The van der Waals surface area contributed by atoms with Crippen LogP contribution in [0.2, 0.25) is 0 Å². The molecule has 24 heavy (non-hydrogen) atoms. The van der Waals surface area contributed by atoms with Crippen molar-refractivity contribution < 1.29 is 4.79 Å². The van der Waals surface area contributed by atoms with Gasteiger partial charge in [-0.1, -0.05) is 54.6 Å². The molecule has 0 aromatic heterocycles. The van der Waals surface area contributed by atoms with Gasteiger partial charge in [0.15, 0.2) is 0 Å². The van der Waals surface area contributed by atoms with Gasteiger partial charge in [0.25, 0.3) is 0 Å². The van der Waals surface area contributed by atoms with E-state index in [0.29, 0.717) is 0 Å². The molecule has 1 atom stereocenters. The zero-order chi connectivity index (χ0) is 17.0. The van der Waals surface area contributed by atoms with Gasteiger partial charge in [0.05, 0.1) is 5.12 Å². The van der Waals surface area contributed by atoms with E-state index in [1.165, 1.54) is 15.9 Å². The molecule has 0 fully saturated rings. The minimum atomic E-state index is -2.15. The van der Waals surface area contributed by atoms with E-state index in [-0.39, 0.29) is 10.8 Å². The van der Waals surface area contributed by atoms with Crippen molar-refractivity contribution in [1.29, 1.82) is 0 Å². The zero-order valence-corrected chi connectivity index (χ0v) is 15.2. The molecule has 0 bridgehead atoms. The minimum absolute atomic E-state index is 0.181. The molecule has 3 aromatic carbocycles. The van der Waals surface area contributed by atoms with Crippen LogP contribution in [0.3, 0.4) is 0 Å². The molecule has 0 aliphatic heterocycles. The zero-order valence-electron chi connectivity index (χ0n) is 13.5. The largest absolute Gasteiger partial charge is 0.738 e. The molecule has 3 heteroatoms. The smallest absolute Gasteiger partial charge is 0.120 e. The van der Waals surface area contributed by atoms with Crippen LogP contribution in [0.25, 0.3) is 0 Å². The van der Waals surface area contributed by atoms with Crippen LogP contribution >= 0.6 is 7.26 Å². The van der Waals surface area contributed by atoms with Crippen molar-refractivity contribution >= 4 is 40.9 Å². The lowest BCUT2D eigenvalue weighted by molar-refractivity contribution is -0.110. The van der Waals surface area contributed by atoms with Crippen LogP contribution in [0.5, 0.6) is 0 Å². The molecule has 0 amide bonds. The van der Waals surface area contributed by atoms with Gasteiger partial charge in [0, 0.05) is 0 Å². The Hall–Kier alpha value is -2.02. The van der Waals surface area contributed by atoms with Crippen LogP contribution in [0.1, 0.15) is 6.92 Å². The Kier molecular flexibility index (Phi) is 5.08. The average Bonchev–Trinajstić information content (AvgIpc) is 2.65. The van der Waals surface area contributed by atoms with Gasteiger partial charge in [-0.2, -0.15) is 0 Å². The summed E-state index contributed by atoms with van der Waals surface area (Å²) in [5, 5.41) is 3.38. The summed E-state index contributed by atoms with van der Waals surface area (Å²) in [5.41, 5.74) is -0.250. The van der Waals surface area contributed by atoms with Gasteiger partial charge >= 0.3 is 0 Å². The summed E-state index contributed by atoms with van der Waals surface area (Å²) in [7, 11) is -2.15. The van der Waals surface area contributed by atoms with Gasteiger partial charge < -0.3 is 17.4 Å². The molecular formula is C21H19OPS. The lowest BCUT2D eigenvalue weighted by atomic mass is 10.3. The molecule has 0 heterocycles. The second-order valence-electron chi connectivity index (χ2n) is 5.72. The van der Waals surface area contributed by atoms with Crippen molar-refractivity contribution in [2.75, 3.05) is 0 Å². The number of carbonyl (C=O) groups is 1. The van der Waals surface area contributed by atoms with Crippen LogP contribution < -0.4 is 15.9 Å². The lowest BCUT2D eigenvalue weighted by Crippen LogP contribution is -2.40. The van der Waals surface area contributed by atoms with E-state index in [1.807, 2.05) is 61.5 Å². The standard InChI is InChI=1S/C21H19OPS/c1-17(21(22)24)23(18-11-5-2-6-12-18,19-13-7-3-8-14-19)20-15-9-4-10-16-20/h2-17H,1H3. The number of benzene rings is 3. The topological polar surface area (TPSA) is 17.1 Å². The molecule has 3 rings (SSSR count). The first kappa shape index (κ1) is 16.8. The Balaban J connectivity index is 2.39. The monoisotopic (exact) mass is 350 g/mol. The Morgan fingerprint density at radius 3 is 1.25 bits per heavy atom. The van der Waals surface area contributed by atoms with Crippen LogP contribution in [0.15, 0.2) is 91.0 Å². The van der Waals surface area contributed by atoms with E-state index in [9.17, 15) is 4.79 Å². The van der Waals surface area contributed by atoms with Crippen molar-refractivity contribution in [1.82, 2.24) is 0 Å². The summed E-state index contributed by atoms with van der Waals surface area (Å²) < 4.78 is 0. The Bertz CT molecular complexity index is 706. The van der Waals surface area contributed by atoms with Gasteiger partial charge in [-0.3, -0.25) is 0 Å². The predicted octanol–water partition coefficient (Wildman–Crippen LogP) is 3.44. The first-order valence-electron chi connectivity index (χ1n) is 7.94. The summed E-state index contributed by atoms with van der Waals surface area (Å²) in [5.74, 6) is 0. The molecule has 0 radical (unpaired) electrons. The maximum atomic E-state index is 12.4. The Morgan fingerprint density at radius 1 is 0.708 bits per heavy atom. The SMILES string of the molecule is CC(C(=O)[S-])[P+](c1ccccc1)(c1ccccc1)c1ccccc1. The fraction of sp³-hybridized carbons (Fsp3) is 0.0952. The lowest BCUT2D eigenvalue weighted by Gasteiger charge is -2.33. The molecule has 1 nitrogen and oxygen atoms in total. The first-order valence-corrected chi connectivity index (χ1v) is 10.2. The summed E-state index contributed by atoms with van der Waals surface area (Å²) in [6.45, 7) is 1.98. The molecule has 0 saturated carbocycles. The third-order valence-corrected chi connectivity index (χ3v) is 9.68. The molecule has 1 unspecified atom stereocenters. The van der Waals surface area contributed by atoms with E-state index in [1.54, 1.807) is 0 Å². The van der Waals surface area contributed by atoms with Crippen molar-refractivity contribution in [2.45, 2.75) is 12.6 Å². The highest BCUT2D eigenvalue weighted by Crippen LogP contribution is 2.59. The highest BCUT2D eigenvalue weighted by Gasteiger charge is 2.50. The number of rotatable bonds is 5. The van der Waals surface area contributed by atoms with Gasteiger partial charge in [0.1, 0.15) is 28.8 Å². The minimum Gasteiger partial charge on any atom is -0.738 e. The van der Waals surface area contributed by atoms with Gasteiger partial charge in [0.2, 0.25) is 0 Å². The maximum absolute atomic E-state index is 12.4. The average molecular weight is 350 g/mol. The highest BCUT2D eigenvalue weighted by molar-refractivity contribution is 7.98. The summed E-state index contributed by atoms with van der Waals surface area (Å²) in [4.78, 5) is 12.4. The number of carbonyl (C=O) groups excluding carboxylic acids is 1. The Morgan fingerprint density at radius 2 is 1.00 bits per heavy atom. The van der Waals surface area contributed by atoms with Crippen LogP contribution in [0.4, 0.5) is 0 Å². The molecule has 0 saturated heterocycles. The van der Waals surface area contributed by atoms with Crippen molar-refractivity contribution in [3.05, 3.63) is 91.0 Å². The molecule has 0 aliphatic carbocycles. The van der Waals surface area contributed by atoms with Crippen LogP contribution in [0, 0.1) is 0 Å². The van der Waals surface area contributed by atoms with E-state index in [0.717, 1.165) is 0 Å². The third kappa shape index (κ3) is 2.88. The maximum Gasteiger partial charge on any atom is 0.120 e. The van der Waals surface area contributed by atoms with Gasteiger partial charge in [-0.05, 0) is 43.3 Å². The fourth-order valence-corrected chi connectivity index (χ4v) is 8.22. The molecule has 0 spiro atoms. The predicted molar refractivity (Wildman–Crippen MR) is 107 cm³/mol. The van der Waals surface area contributed by atoms with Gasteiger partial charge in [-0.25, -0.2) is 0 Å². The quantitative estimate of drug-likeness (QED) is 0.518. The van der Waals surface area contributed by atoms with E-state index >= 15 is 0 Å². The van der Waals surface area contributed by atoms with E-state index in [4.69, 9.17) is 12.6 Å². The summed E-state index contributed by atoms with van der Waals surface area (Å²) in [6, 6.07) is 31.0. The molecule has 120 valence electrons. The fourth-order valence-electron chi connectivity index (χ4n) is 3.27. The van der Waals surface area contributed by atoms with Gasteiger partial charge in [-0.15, -0.1) is 0 Å². The van der Waals surface area contributed by atoms with Crippen LogP contribution in [-0.2, 0) is 17.4 Å². The van der Waals surface area contributed by atoms with Crippen molar-refractivity contribution in [2.24, 2.45) is 0 Å². The molecular weight excluding hydrogens is 331 g/mol. The first-order chi connectivity index (χ1) is 11.7. The van der Waals surface area contributed by atoms with Crippen LogP contribution in [-0.4, -0.2) is 10.8 Å². The number of hydrogen-bond donors (Lipinski definition) is 0. The second-order valence-corrected chi connectivity index (χ2v) is 9.90. The molecule has 0 N–H and O–H groups in total. The molecule has 3 aromatic rings.